The molecule has 0 radical (unpaired) electrons. The van der Waals surface area contributed by atoms with Crippen molar-refractivity contribution in [1.82, 2.24) is 10.9 Å². The number of anilines is 1. The van der Waals surface area contributed by atoms with Crippen LogP contribution in [0.1, 0.15) is 15.2 Å². The summed E-state index contributed by atoms with van der Waals surface area (Å²) >= 11 is 1.51. The first kappa shape index (κ1) is 15.1. The second-order valence-corrected chi connectivity index (χ2v) is 5.74. The Morgan fingerprint density at radius 1 is 1.14 bits per heavy atom. The highest BCUT2D eigenvalue weighted by Gasteiger charge is 2.09. The highest BCUT2D eigenvalue weighted by molar-refractivity contribution is 7.10. The summed E-state index contributed by atoms with van der Waals surface area (Å²) < 4.78 is 0. The Hall–Kier alpha value is -2.34. The van der Waals surface area contributed by atoms with E-state index >= 15 is 0 Å². The number of hydrogen-bond donors (Lipinski definition) is 2. The van der Waals surface area contributed by atoms with E-state index in [1.54, 1.807) is 18.2 Å². The van der Waals surface area contributed by atoms with Crippen molar-refractivity contribution in [3.05, 3.63) is 52.2 Å². The molecule has 2 rings (SSSR count). The molecule has 6 heteroatoms. The molecule has 5 nitrogen and oxygen atoms in total. The van der Waals surface area contributed by atoms with E-state index in [0.717, 1.165) is 10.6 Å². The number of amides is 2. The van der Waals surface area contributed by atoms with Gasteiger partial charge in [-0.3, -0.25) is 20.4 Å². The molecule has 0 fully saturated rings. The van der Waals surface area contributed by atoms with Gasteiger partial charge in [0.25, 0.3) is 5.91 Å². The fourth-order valence-electron chi connectivity index (χ4n) is 1.74. The number of rotatable bonds is 4. The zero-order chi connectivity index (χ0) is 15.2. The lowest BCUT2D eigenvalue weighted by atomic mass is 10.2. The summed E-state index contributed by atoms with van der Waals surface area (Å²) in [5.41, 5.74) is 6.27. The first-order valence-electron chi connectivity index (χ1n) is 6.45. The lowest BCUT2D eigenvalue weighted by Gasteiger charge is -2.13. The fourth-order valence-corrected chi connectivity index (χ4v) is 2.44. The summed E-state index contributed by atoms with van der Waals surface area (Å²) in [6, 6.07) is 10.9. The van der Waals surface area contributed by atoms with Gasteiger partial charge in [-0.15, -0.1) is 11.3 Å². The third-order valence-electron chi connectivity index (χ3n) is 2.86. The maximum Gasteiger partial charge on any atom is 0.269 e. The molecule has 0 aliphatic rings. The molecule has 0 aliphatic heterocycles. The molecular formula is C15H17N3O2S. The van der Waals surface area contributed by atoms with Crippen LogP contribution >= 0.6 is 11.3 Å². The molecule has 21 heavy (non-hydrogen) atoms. The van der Waals surface area contributed by atoms with Crippen LogP contribution < -0.4 is 15.8 Å². The molecule has 0 saturated heterocycles. The van der Waals surface area contributed by atoms with E-state index in [1.165, 1.54) is 11.3 Å². The molecule has 110 valence electrons. The normalized spacial score (nSPS) is 10.0. The van der Waals surface area contributed by atoms with Gasteiger partial charge in [-0.05, 0) is 29.6 Å². The second kappa shape index (κ2) is 6.90. The average Bonchev–Trinajstić information content (AvgIpc) is 2.97. The molecular weight excluding hydrogens is 286 g/mol. The van der Waals surface area contributed by atoms with Gasteiger partial charge in [0.2, 0.25) is 5.91 Å². The Labute approximate surface area is 127 Å². The number of thiophene rings is 1. The van der Waals surface area contributed by atoms with Crippen LogP contribution in [-0.2, 0) is 11.2 Å². The first-order valence-corrected chi connectivity index (χ1v) is 7.33. The van der Waals surface area contributed by atoms with Crippen LogP contribution in [0.5, 0.6) is 0 Å². The maximum atomic E-state index is 12.0. The Kier molecular flexibility index (Phi) is 4.94. The van der Waals surface area contributed by atoms with Gasteiger partial charge in [-0.25, -0.2) is 0 Å². The van der Waals surface area contributed by atoms with E-state index < -0.39 is 0 Å². The van der Waals surface area contributed by atoms with E-state index in [-0.39, 0.29) is 18.2 Å². The van der Waals surface area contributed by atoms with Crippen LogP contribution in [0.25, 0.3) is 0 Å². The molecule has 2 N–H and O–H groups in total. The van der Waals surface area contributed by atoms with Crippen molar-refractivity contribution in [2.24, 2.45) is 0 Å². The molecule has 1 aromatic heterocycles. The molecule has 0 bridgehead atoms. The van der Waals surface area contributed by atoms with Gasteiger partial charge in [0.15, 0.2) is 0 Å². The number of nitrogens with one attached hydrogen (secondary N) is 2. The summed E-state index contributed by atoms with van der Waals surface area (Å²) in [7, 11) is 3.81. The van der Waals surface area contributed by atoms with Gasteiger partial charge in [0.1, 0.15) is 0 Å². The second-order valence-electron chi connectivity index (χ2n) is 4.70. The first-order chi connectivity index (χ1) is 10.1. The minimum atomic E-state index is -0.335. The average molecular weight is 303 g/mol. The van der Waals surface area contributed by atoms with Crippen molar-refractivity contribution in [3.8, 4) is 0 Å². The quantitative estimate of drug-likeness (QED) is 0.847. The van der Waals surface area contributed by atoms with E-state index in [0.29, 0.717) is 5.56 Å². The molecule has 0 saturated carbocycles. The van der Waals surface area contributed by atoms with Crippen LogP contribution in [0.3, 0.4) is 0 Å². The Balaban J connectivity index is 1.89. The van der Waals surface area contributed by atoms with Crippen molar-refractivity contribution < 1.29 is 9.59 Å². The van der Waals surface area contributed by atoms with E-state index in [2.05, 4.69) is 10.9 Å². The van der Waals surface area contributed by atoms with Crippen molar-refractivity contribution in [2.45, 2.75) is 6.42 Å². The molecule has 0 aliphatic carbocycles. The maximum absolute atomic E-state index is 12.0. The molecule has 2 aromatic rings. The van der Waals surface area contributed by atoms with Crippen LogP contribution in [0.2, 0.25) is 0 Å². The lowest BCUT2D eigenvalue weighted by Crippen LogP contribution is -2.42. The number of nitrogens with zero attached hydrogens (tertiary/aromatic N) is 1. The largest absolute Gasteiger partial charge is 0.378 e. The summed E-state index contributed by atoms with van der Waals surface area (Å²) in [5.74, 6) is -0.576. The Bertz CT molecular complexity index is 624. The van der Waals surface area contributed by atoms with Gasteiger partial charge in [-0.1, -0.05) is 12.1 Å². The monoisotopic (exact) mass is 303 g/mol. The number of hydrazine groups is 1. The molecule has 0 unspecified atom stereocenters. The van der Waals surface area contributed by atoms with Crippen LogP contribution in [0, 0.1) is 0 Å². The van der Waals surface area contributed by atoms with Crippen LogP contribution in [0.15, 0.2) is 41.8 Å². The lowest BCUT2D eigenvalue weighted by molar-refractivity contribution is -0.121. The zero-order valence-electron chi connectivity index (χ0n) is 11.9. The van der Waals surface area contributed by atoms with Gasteiger partial charge in [-0.2, -0.15) is 0 Å². The highest BCUT2D eigenvalue weighted by atomic mass is 32.1. The summed E-state index contributed by atoms with van der Waals surface area (Å²) in [5, 5.41) is 1.91. The standard InChI is InChI=1S/C15H17N3O2S/c1-18(2)12-6-3-5-11(9-12)15(20)17-16-14(19)10-13-7-4-8-21-13/h3-9H,10H2,1-2H3,(H,16,19)(H,17,20). The SMILES string of the molecule is CN(C)c1cccc(C(=O)NNC(=O)Cc2cccs2)c1. The topological polar surface area (TPSA) is 61.4 Å². The van der Waals surface area contributed by atoms with Crippen molar-refractivity contribution in [3.63, 3.8) is 0 Å². The van der Waals surface area contributed by atoms with Crippen LogP contribution in [0.4, 0.5) is 5.69 Å². The molecule has 2 amide bonds. The number of carbonyl (C=O) groups is 2. The van der Waals surface area contributed by atoms with Gasteiger partial charge in [0.05, 0.1) is 6.42 Å². The molecule has 0 atom stereocenters. The fraction of sp³-hybridized carbons (Fsp3) is 0.200. The number of benzene rings is 1. The molecule has 1 heterocycles. The van der Waals surface area contributed by atoms with Gasteiger partial charge < -0.3 is 4.90 Å². The predicted octanol–water partition coefficient (Wildman–Crippen LogP) is 1.82. The predicted molar refractivity (Wildman–Crippen MR) is 84.4 cm³/mol. The van der Waals surface area contributed by atoms with Crippen molar-refractivity contribution in [1.29, 1.82) is 0 Å². The third-order valence-corrected chi connectivity index (χ3v) is 3.73. The zero-order valence-corrected chi connectivity index (χ0v) is 12.7. The summed E-state index contributed by atoms with van der Waals surface area (Å²) in [6.45, 7) is 0. The van der Waals surface area contributed by atoms with Gasteiger partial charge >= 0.3 is 0 Å². The number of carbonyl (C=O) groups excluding carboxylic acids is 2. The number of hydrogen-bond acceptors (Lipinski definition) is 4. The minimum absolute atomic E-state index is 0.241. The summed E-state index contributed by atoms with van der Waals surface area (Å²) in [6.07, 6.45) is 0.260. The van der Waals surface area contributed by atoms with Crippen LogP contribution in [-0.4, -0.2) is 25.9 Å². The summed E-state index contributed by atoms with van der Waals surface area (Å²) in [4.78, 5) is 26.5. The van der Waals surface area contributed by atoms with E-state index in [1.807, 2.05) is 42.6 Å². The van der Waals surface area contributed by atoms with E-state index in [9.17, 15) is 9.59 Å². The minimum Gasteiger partial charge on any atom is -0.378 e. The smallest absolute Gasteiger partial charge is 0.269 e. The molecule has 1 aromatic carbocycles. The van der Waals surface area contributed by atoms with Crippen molar-refractivity contribution >= 4 is 28.8 Å². The molecule has 0 spiro atoms. The Morgan fingerprint density at radius 3 is 2.62 bits per heavy atom. The van der Waals surface area contributed by atoms with Gasteiger partial charge in [0, 0.05) is 30.2 Å². The highest BCUT2D eigenvalue weighted by Crippen LogP contribution is 2.13. The third kappa shape index (κ3) is 4.32. The van der Waals surface area contributed by atoms with E-state index in [4.69, 9.17) is 0 Å². The Morgan fingerprint density at radius 2 is 1.95 bits per heavy atom. The van der Waals surface area contributed by atoms with Crippen molar-refractivity contribution in [2.75, 3.05) is 19.0 Å².